The van der Waals surface area contributed by atoms with Crippen LogP contribution < -0.4 is 0 Å². The van der Waals surface area contributed by atoms with Crippen molar-refractivity contribution in [2.24, 2.45) is 50.7 Å². The van der Waals surface area contributed by atoms with Crippen molar-refractivity contribution in [3.63, 3.8) is 0 Å². The van der Waals surface area contributed by atoms with Gasteiger partial charge in [0, 0.05) is 0 Å². The molecule has 4 fully saturated rings. The molecule has 0 spiro atoms. The number of carboxylic acid groups (broad SMARTS) is 1. The van der Waals surface area contributed by atoms with Crippen LogP contribution in [0.5, 0.6) is 0 Å². The molecule has 0 aliphatic heterocycles. The van der Waals surface area contributed by atoms with Crippen LogP contribution in [-0.2, 0) is 4.79 Å². The van der Waals surface area contributed by atoms with Crippen LogP contribution in [0.3, 0.4) is 0 Å². The highest BCUT2D eigenvalue weighted by Crippen LogP contribution is 2.70. The van der Waals surface area contributed by atoms with E-state index in [1.165, 1.54) is 6.42 Å². The van der Waals surface area contributed by atoms with Crippen molar-refractivity contribution >= 4 is 5.97 Å². The SMILES string of the molecule is CC1(C)[C@H](O)CC[C@]2(C)[C@H]3CC[C@H]4[C@@](C)(CC[C@H]5[C@]4(C)CC[C@H](O)[C@]5(C)C(=O)O)CC3=CC[C@@H]12. The van der Waals surface area contributed by atoms with E-state index < -0.39 is 17.5 Å². The number of rotatable bonds is 1. The average molecular weight is 473 g/mol. The van der Waals surface area contributed by atoms with Crippen molar-refractivity contribution in [3.05, 3.63) is 11.6 Å². The number of carbonyl (C=O) groups is 1. The Morgan fingerprint density at radius 3 is 2.12 bits per heavy atom. The molecule has 0 heterocycles. The molecule has 0 aromatic carbocycles. The Bertz CT molecular complexity index is 892. The molecule has 0 radical (unpaired) electrons. The fraction of sp³-hybridized carbons (Fsp3) is 0.900. The number of aliphatic carboxylic acids is 1. The molecule has 192 valence electrons. The molecule has 4 nitrogen and oxygen atoms in total. The lowest BCUT2D eigenvalue weighted by molar-refractivity contribution is -0.199. The van der Waals surface area contributed by atoms with E-state index in [0.29, 0.717) is 24.2 Å². The summed E-state index contributed by atoms with van der Waals surface area (Å²) in [7, 11) is 0. The first-order valence-electron chi connectivity index (χ1n) is 14.0. The van der Waals surface area contributed by atoms with E-state index in [9.17, 15) is 20.1 Å². The molecule has 0 bridgehead atoms. The van der Waals surface area contributed by atoms with Crippen molar-refractivity contribution in [1.29, 1.82) is 0 Å². The number of aliphatic hydroxyl groups is 2. The van der Waals surface area contributed by atoms with Crippen molar-refractivity contribution in [2.45, 2.75) is 118 Å². The van der Waals surface area contributed by atoms with Crippen molar-refractivity contribution in [3.8, 4) is 0 Å². The standard InChI is InChI=1S/C30H48O4/c1-26(2)20-9-7-18-17-27(3)14-11-22-29(5,16-13-24(32)30(22,6)25(33)34)21(27)10-8-19(18)28(20,4)15-12-23(26)31/h7,19-24,31-32H,8-17H2,1-6H3,(H,33,34)/t19-,20-,21-,22-,23+,24-,27-,28+,29+,30+/m0/s1. The van der Waals surface area contributed by atoms with Gasteiger partial charge in [0.2, 0.25) is 0 Å². The lowest BCUT2D eigenvalue weighted by Crippen LogP contribution is -2.61. The number of fused-ring (bicyclic) bond motifs is 6. The van der Waals surface area contributed by atoms with Gasteiger partial charge in [0.05, 0.1) is 17.6 Å². The van der Waals surface area contributed by atoms with Crippen LogP contribution in [0.15, 0.2) is 11.6 Å². The van der Waals surface area contributed by atoms with Crippen LogP contribution in [0, 0.1) is 50.7 Å². The van der Waals surface area contributed by atoms with E-state index in [1.807, 2.05) is 6.92 Å². The zero-order valence-electron chi connectivity index (χ0n) is 22.4. The highest BCUT2D eigenvalue weighted by molar-refractivity contribution is 5.76. The number of aliphatic hydroxyl groups excluding tert-OH is 2. The largest absolute Gasteiger partial charge is 0.481 e. The molecule has 4 saturated carbocycles. The quantitative estimate of drug-likeness (QED) is 0.397. The number of carboxylic acids is 1. The van der Waals surface area contributed by atoms with E-state index >= 15 is 0 Å². The minimum Gasteiger partial charge on any atom is -0.481 e. The fourth-order valence-electron chi connectivity index (χ4n) is 10.9. The molecule has 0 amide bonds. The van der Waals surface area contributed by atoms with Gasteiger partial charge in [-0.3, -0.25) is 4.79 Å². The van der Waals surface area contributed by atoms with Gasteiger partial charge in [0.1, 0.15) is 0 Å². The third-order valence-electron chi connectivity index (χ3n) is 13.0. The summed E-state index contributed by atoms with van der Waals surface area (Å²) in [4.78, 5) is 12.5. The van der Waals surface area contributed by atoms with Crippen molar-refractivity contribution in [1.82, 2.24) is 0 Å². The molecule has 3 N–H and O–H groups in total. The van der Waals surface area contributed by atoms with Gasteiger partial charge in [-0.2, -0.15) is 0 Å². The second-order valence-corrected chi connectivity index (χ2v) is 14.7. The van der Waals surface area contributed by atoms with Crippen LogP contribution in [0.1, 0.15) is 106 Å². The minimum atomic E-state index is -1.05. The highest BCUT2D eigenvalue weighted by atomic mass is 16.4. The van der Waals surface area contributed by atoms with Crippen LogP contribution in [-0.4, -0.2) is 33.5 Å². The molecule has 0 saturated heterocycles. The van der Waals surface area contributed by atoms with Crippen molar-refractivity contribution < 1.29 is 20.1 Å². The second-order valence-electron chi connectivity index (χ2n) is 14.7. The van der Waals surface area contributed by atoms with Crippen LogP contribution in [0.2, 0.25) is 0 Å². The molecular weight excluding hydrogens is 424 g/mol. The molecule has 0 unspecified atom stereocenters. The molecule has 5 rings (SSSR count). The van der Waals surface area contributed by atoms with Gasteiger partial charge in [0.25, 0.3) is 0 Å². The molecule has 10 atom stereocenters. The summed E-state index contributed by atoms with van der Waals surface area (Å²) < 4.78 is 0. The maximum absolute atomic E-state index is 12.5. The lowest BCUT2D eigenvalue weighted by Gasteiger charge is -2.63. The Balaban J connectivity index is 1.51. The van der Waals surface area contributed by atoms with Gasteiger partial charge in [-0.05, 0) is 116 Å². The first kappa shape index (κ1) is 24.8. The lowest BCUT2D eigenvalue weighted by atomic mass is 9.41. The monoisotopic (exact) mass is 472 g/mol. The van der Waals surface area contributed by atoms with Gasteiger partial charge in [-0.25, -0.2) is 0 Å². The van der Waals surface area contributed by atoms with E-state index in [0.717, 1.165) is 51.4 Å². The third kappa shape index (κ3) is 3.06. The summed E-state index contributed by atoms with van der Waals surface area (Å²) in [6, 6.07) is 0. The maximum atomic E-state index is 12.5. The van der Waals surface area contributed by atoms with Crippen LogP contribution >= 0.6 is 0 Å². The van der Waals surface area contributed by atoms with E-state index in [1.54, 1.807) is 5.57 Å². The summed E-state index contributed by atoms with van der Waals surface area (Å²) in [6.45, 7) is 13.8. The summed E-state index contributed by atoms with van der Waals surface area (Å²) in [5.74, 6) is 0.778. The molecular formula is C30H48O4. The van der Waals surface area contributed by atoms with E-state index in [-0.39, 0.29) is 33.7 Å². The smallest absolute Gasteiger partial charge is 0.312 e. The number of hydrogen-bond donors (Lipinski definition) is 3. The molecule has 0 aromatic rings. The Morgan fingerprint density at radius 1 is 0.794 bits per heavy atom. The summed E-state index contributed by atoms with van der Waals surface area (Å²) in [5.41, 5.74) is 0.936. The molecule has 0 aromatic heterocycles. The summed E-state index contributed by atoms with van der Waals surface area (Å²) in [6.07, 6.45) is 11.7. The van der Waals surface area contributed by atoms with Gasteiger partial charge in [-0.15, -0.1) is 0 Å². The normalized spacial score (nSPS) is 54.4. The zero-order valence-corrected chi connectivity index (χ0v) is 22.4. The first-order valence-corrected chi connectivity index (χ1v) is 14.0. The highest BCUT2D eigenvalue weighted by Gasteiger charge is 2.65. The first-order chi connectivity index (χ1) is 15.7. The number of hydrogen-bond acceptors (Lipinski definition) is 3. The van der Waals surface area contributed by atoms with Crippen LogP contribution in [0.4, 0.5) is 0 Å². The zero-order chi connectivity index (χ0) is 24.9. The topological polar surface area (TPSA) is 77.8 Å². The Kier molecular flexibility index (Phi) is 5.52. The van der Waals surface area contributed by atoms with Gasteiger partial charge >= 0.3 is 5.97 Å². The molecule has 34 heavy (non-hydrogen) atoms. The van der Waals surface area contributed by atoms with Gasteiger partial charge in [-0.1, -0.05) is 46.3 Å². The van der Waals surface area contributed by atoms with Crippen LogP contribution in [0.25, 0.3) is 0 Å². The fourth-order valence-corrected chi connectivity index (χ4v) is 10.9. The molecule has 5 aliphatic rings. The number of allylic oxidation sites excluding steroid dienone is 2. The molecule has 4 heteroatoms. The minimum absolute atomic E-state index is 0.0283. The average Bonchev–Trinajstić information content (AvgIpc) is 2.91. The maximum Gasteiger partial charge on any atom is 0.312 e. The second kappa shape index (κ2) is 7.57. The van der Waals surface area contributed by atoms with Gasteiger partial charge < -0.3 is 15.3 Å². The van der Waals surface area contributed by atoms with Gasteiger partial charge in [0.15, 0.2) is 0 Å². The predicted octanol–water partition coefficient (Wildman–Crippen LogP) is 6.20. The Labute approximate surface area is 206 Å². The Hall–Kier alpha value is -0.870. The van der Waals surface area contributed by atoms with E-state index in [4.69, 9.17) is 0 Å². The summed E-state index contributed by atoms with van der Waals surface area (Å²) >= 11 is 0. The van der Waals surface area contributed by atoms with E-state index in [2.05, 4.69) is 40.7 Å². The molecule has 5 aliphatic carbocycles. The third-order valence-corrected chi connectivity index (χ3v) is 13.0. The summed E-state index contributed by atoms with van der Waals surface area (Å²) in [5, 5.41) is 32.0. The van der Waals surface area contributed by atoms with Crippen molar-refractivity contribution in [2.75, 3.05) is 0 Å². The Morgan fingerprint density at radius 2 is 1.44 bits per heavy atom. The predicted molar refractivity (Wildman–Crippen MR) is 134 cm³/mol.